The monoisotopic (exact) mass is 248 g/mol. The van der Waals surface area contributed by atoms with Crippen molar-refractivity contribution in [2.24, 2.45) is 11.7 Å². The van der Waals surface area contributed by atoms with Crippen molar-refractivity contribution in [3.8, 4) is 0 Å². The fourth-order valence-electron chi connectivity index (χ4n) is 2.28. The summed E-state index contributed by atoms with van der Waals surface area (Å²) in [7, 11) is 0. The van der Waals surface area contributed by atoms with E-state index in [1.807, 2.05) is 18.2 Å². The Morgan fingerprint density at radius 3 is 3.06 bits per heavy atom. The fourth-order valence-corrected chi connectivity index (χ4v) is 2.28. The summed E-state index contributed by atoms with van der Waals surface area (Å²) in [5, 5.41) is 3.41. The number of carbonyl (C=O) groups excluding carboxylic acids is 1. The molecule has 0 aliphatic carbocycles. The number of primary amides is 1. The molecule has 0 spiro atoms. The van der Waals surface area contributed by atoms with E-state index < -0.39 is 0 Å². The van der Waals surface area contributed by atoms with Crippen LogP contribution in [0.15, 0.2) is 24.3 Å². The van der Waals surface area contributed by atoms with Crippen LogP contribution in [0, 0.1) is 5.92 Å². The average Bonchev–Trinajstić information content (AvgIpc) is 2.76. The van der Waals surface area contributed by atoms with Crippen LogP contribution in [-0.2, 0) is 11.3 Å². The second kappa shape index (κ2) is 5.98. The molecule has 0 aromatic heterocycles. The lowest BCUT2D eigenvalue weighted by atomic mass is 10.0. The summed E-state index contributed by atoms with van der Waals surface area (Å²) >= 11 is 0. The summed E-state index contributed by atoms with van der Waals surface area (Å²) in [6, 6.07) is 7.43. The number of hydrogen-bond donors (Lipinski definition) is 2. The maximum Gasteiger partial charge on any atom is 0.248 e. The largest absolute Gasteiger partial charge is 0.378 e. The molecule has 1 aliphatic heterocycles. The summed E-state index contributed by atoms with van der Waals surface area (Å²) in [5.41, 5.74) is 6.90. The summed E-state index contributed by atoms with van der Waals surface area (Å²) in [5.74, 6) is 0.207. The molecule has 2 unspecified atom stereocenters. The number of nitrogens with two attached hydrogens (primary N) is 1. The van der Waals surface area contributed by atoms with Crippen LogP contribution < -0.4 is 11.1 Å². The van der Waals surface area contributed by atoms with Crippen LogP contribution in [0.25, 0.3) is 0 Å². The van der Waals surface area contributed by atoms with Crippen LogP contribution in [0.3, 0.4) is 0 Å². The summed E-state index contributed by atoms with van der Waals surface area (Å²) in [4.78, 5) is 11.1. The van der Waals surface area contributed by atoms with Gasteiger partial charge in [0.25, 0.3) is 0 Å². The van der Waals surface area contributed by atoms with Gasteiger partial charge in [-0.1, -0.05) is 12.1 Å². The second-order valence-corrected chi connectivity index (χ2v) is 4.82. The third kappa shape index (κ3) is 3.31. The highest BCUT2D eigenvalue weighted by molar-refractivity contribution is 5.92. The molecule has 1 fully saturated rings. The van der Waals surface area contributed by atoms with Crippen LogP contribution >= 0.6 is 0 Å². The van der Waals surface area contributed by atoms with Crippen molar-refractivity contribution in [2.75, 3.05) is 13.2 Å². The molecule has 1 heterocycles. The average molecular weight is 248 g/mol. The molecule has 4 nitrogen and oxygen atoms in total. The molecule has 0 bridgehead atoms. The number of ether oxygens (including phenoxy) is 1. The summed E-state index contributed by atoms with van der Waals surface area (Å²) < 4.78 is 5.52. The van der Waals surface area contributed by atoms with Gasteiger partial charge in [0.1, 0.15) is 0 Å². The maximum atomic E-state index is 11.1. The molecule has 2 rings (SSSR count). The van der Waals surface area contributed by atoms with Gasteiger partial charge in [-0.15, -0.1) is 0 Å². The minimum absolute atomic E-state index is 0.342. The Labute approximate surface area is 108 Å². The van der Waals surface area contributed by atoms with Gasteiger partial charge in [-0.05, 0) is 37.0 Å². The van der Waals surface area contributed by atoms with E-state index in [2.05, 4.69) is 12.2 Å². The number of benzene rings is 1. The van der Waals surface area contributed by atoms with Gasteiger partial charge in [0.15, 0.2) is 0 Å². The van der Waals surface area contributed by atoms with E-state index in [0.29, 0.717) is 17.6 Å². The van der Waals surface area contributed by atoms with Crippen LogP contribution in [-0.4, -0.2) is 25.2 Å². The Kier molecular flexibility index (Phi) is 4.33. The Balaban J connectivity index is 1.83. The van der Waals surface area contributed by atoms with Gasteiger partial charge in [-0.3, -0.25) is 4.79 Å². The molecule has 1 amide bonds. The van der Waals surface area contributed by atoms with Gasteiger partial charge in [-0.25, -0.2) is 0 Å². The first kappa shape index (κ1) is 13.1. The molecule has 2 atom stereocenters. The van der Waals surface area contributed by atoms with Gasteiger partial charge < -0.3 is 15.8 Å². The molecular formula is C14H20N2O2. The van der Waals surface area contributed by atoms with Crippen LogP contribution in [0.4, 0.5) is 0 Å². The fraction of sp³-hybridized carbons (Fsp3) is 0.500. The summed E-state index contributed by atoms with van der Waals surface area (Å²) in [6.07, 6.45) is 1.46. The number of rotatable bonds is 5. The van der Waals surface area contributed by atoms with E-state index in [-0.39, 0.29) is 5.91 Å². The number of hydrogen-bond acceptors (Lipinski definition) is 3. The van der Waals surface area contributed by atoms with Crippen LogP contribution in [0.1, 0.15) is 29.3 Å². The lowest BCUT2D eigenvalue weighted by molar-refractivity contribution is 0.1000. The molecule has 0 saturated carbocycles. The number of carbonyl (C=O) groups is 1. The molecular weight excluding hydrogens is 228 g/mol. The van der Waals surface area contributed by atoms with Crippen molar-refractivity contribution in [1.29, 1.82) is 0 Å². The van der Waals surface area contributed by atoms with Crippen molar-refractivity contribution in [3.05, 3.63) is 35.4 Å². The highest BCUT2D eigenvalue weighted by Gasteiger charge is 2.23. The Morgan fingerprint density at radius 2 is 2.39 bits per heavy atom. The van der Waals surface area contributed by atoms with E-state index in [0.717, 1.165) is 31.7 Å². The zero-order chi connectivity index (χ0) is 13.0. The first-order chi connectivity index (χ1) is 8.66. The second-order valence-electron chi connectivity index (χ2n) is 4.82. The van der Waals surface area contributed by atoms with Crippen LogP contribution in [0.2, 0.25) is 0 Å². The van der Waals surface area contributed by atoms with Gasteiger partial charge in [0.2, 0.25) is 5.91 Å². The topological polar surface area (TPSA) is 64.3 Å². The highest BCUT2D eigenvalue weighted by Crippen LogP contribution is 2.19. The summed E-state index contributed by atoms with van der Waals surface area (Å²) in [6.45, 7) is 4.68. The van der Waals surface area contributed by atoms with Gasteiger partial charge >= 0.3 is 0 Å². The predicted molar refractivity (Wildman–Crippen MR) is 70.2 cm³/mol. The van der Waals surface area contributed by atoms with Crippen molar-refractivity contribution >= 4 is 5.91 Å². The Hall–Kier alpha value is -1.39. The van der Waals surface area contributed by atoms with Crippen molar-refractivity contribution < 1.29 is 9.53 Å². The van der Waals surface area contributed by atoms with Gasteiger partial charge in [0, 0.05) is 25.3 Å². The molecule has 4 heteroatoms. The molecule has 0 radical (unpaired) electrons. The van der Waals surface area contributed by atoms with E-state index in [9.17, 15) is 4.79 Å². The third-order valence-corrected chi connectivity index (χ3v) is 3.48. The van der Waals surface area contributed by atoms with Crippen molar-refractivity contribution in [3.63, 3.8) is 0 Å². The van der Waals surface area contributed by atoms with E-state index >= 15 is 0 Å². The molecule has 1 aromatic rings. The van der Waals surface area contributed by atoms with E-state index in [4.69, 9.17) is 10.5 Å². The lowest BCUT2D eigenvalue weighted by Crippen LogP contribution is -2.26. The maximum absolute atomic E-state index is 11.1. The minimum atomic E-state index is -0.380. The lowest BCUT2D eigenvalue weighted by Gasteiger charge is -2.14. The molecule has 98 valence electrons. The van der Waals surface area contributed by atoms with Gasteiger partial charge in [-0.2, -0.15) is 0 Å². The van der Waals surface area contributed by atoms with E-state index in [1.54, 1.807) is 6.07 Å². The first-order valence-corrected chi connectivity index (χ1v) is 6.38. The molecule has 1 aromatic carbocycles. The Morgan fingerprint density at radius 1 is 1.56 bits per heavy atom. The molecule has 1 aliphatic rings. The normalized spacial score (nSPS) is 23.2. The third-order valence-electron chi connectivity index (χ3n) is 3.48. The van der Waals surface area contributed by atoms with Crippen molar-refractivity contribution in [1.82, 2.24) is 5.32 Å². The van der Waals surface area contributed by atoms with Crippen molar-refractivity contribution in [2.45, 2.75) is 26.0 Å². The first-order valence-electron chi connectivity index (χ1n) is 6.38. The zero-order valence-corrected chi connectivity index (χ0v) is 10.7. The van der Waals surface area contributed by atoms with Crippen LogP contribution in [0.5, 0.6) is 0 Å². The Bertz CT molecular complexity index is 420. The minimum Gasteiger partial charge on any atom is -0.378 e. The number of nitrogens with one attached hydrogen (secondary N) is 1. The smallest absolute Gasteiger partial charge is 0.248 e. The van der Waals surface area contributed by atoms with Gasteiger partial charge in [0.05, 0.1) is 6.10 Å². The molecule has 1 saturated heterocycles. The van der Waals surface area contributed by atoms with E-state index in [1.165, 1.54) is 0 Å². The SMILES string of the molecule is CC1OCCC1CNCc1cccc(C(N)=O)c1. The number of amides is 1. The quantitative estimate of drug-likeness (QED) is 0.825. The molecule has 3 N–H and O–H groups in total. The predicted octanol–water partition coefficient (Wildman–Crippen LogP) is 1.30. The highest BCUT2D eigenvalue weighted by atomic mass is 16.5. The zero-order valence-electron chi connectivity index (χ0n) is 10.7. The molecule has 18 heavy (non-hydrogen) atoms. The standard InChI is InChI=1S/C14H20N2O2/c1-10-13(5-6-18-10)9-16-8-11-3-2-4-12(7-11)14(15)17/h2-4,7,10,13,16H,5-6,8-9H2,1H3,(H2,15,17).